The van der Waals surface area contributed by atoms with E-state index in [2.05, 4.69) is 5.32 Å². The average Bonchev–Trinajstić information content (AvgIpc) is 3.20. The third-order valence-electron chi connectivity index (χ3n) is 4.41. The first-order valence-electron chi connectivity index (χ1n) is 8.61. The first-order valence-corrected chi connectivity index (χ1v) is 10.3. The summed E-state index contributed by atoms with van der Waals surface area (Å²) in [6.45, 7) is -0.194. The fraction of sp³-hybridized carbons (Fsp3) is 0.200. The molecule has 2 amide bonds. The van der Waals surface area contributed by atoms with Gasteiger partial charge >= 0.3 is 6.18 Å². The van der Waals surface area contributed by atoms with Gasteiger partial charge in [0.05, 0.1) is 10.8 Å². The molecule has 9 heteroatoms. The molecular formula is C20H14F3NO3S2. The molecule has 2 heterocycles. The smallest absolute Gasteiger partial charge is 0.416 e. The lowest BCUT2D eigenvalue weighted by molar-refractivity contribution is -0.138. The van der Waals surface area contributed by atoms with E-state index in [1.807, 2.05) is 12.1 Å². The maximum absolute atomic E-state index is 13.1. The summed E-state index contributed by atoms with van der Waals surface area (Å²) >= 11 is 2.45. The Morgan fingerprint density at radius 2 is 1.86 bits per heavy atom. The standard InChI is InChI=1S/C20H14F3NO3S2/c21-20(22,23)15-4-2-1-3-12(15)10-27-13-6-5-11-7-14(28-16(11)8-13)9-17-18(25)24-19(26)29-17/h1-8,17H,9-10H2,(H,24,25,26). The molecule has 1 aromatic heterocycles. The van der Waals surface area contributed by atoms with Crippen LogP contribution in [-0.4, -0.2) is 16.4 Å². The average molecular weight is 437 g/mol. The largest absolute Gasteiger partial charge is 0.489 e. The fourth-order valence-corrected chi connectivity index (χ4v) is 5.14. The molecule has 1 saturated heterocycles. The minimum Gasteiger partial charge on any atom is -0.489 e. The summed E-state index contributed by atoms with van der Waals surface area (Å²) in [4.78, 5) is 24.0. The van der Waals surface area contributed by atoms with E-state index >= 15 is 0 Å². The van der Waals surface area contributed by atoms with Crippen molar-refractivity contribution in [2.24, 2.45) is 0 Å². The normalized spacial score (nSPS) is 17.0. The third kappa shape index (κ3) is 4.40. The number of carbonyl (C=O) groups excluding carboxylic acids is 2. The number of nitrogens with one attached hydrogen (secondary N) is 1. The summed E-state index contributed by atoms with van der Waals surface area (Å²) < 4.78 is 45.8. The third-order valence-corrected chi connectivity index (χ3v) is 6.51. The molecule has 0 spiro atoms. The van der Waals surface area contributed by atoms with Gasteiger partial charge in [-0.15, -0.1) is 11.3 Å². The number of amides is 2. The second kappa shape index (κ2) is 7.72. The van der Waals surface area contributed by atoms with Crippen LogP contribution in [0.15, 0.2) is 48.5 Å². The van der Waals surface area contributed by atoms with E-state index in [-0.39, 0.29) is 23.3 Å². The van der Waals surface area contributed by atoms with Crippen molar-refractivity contribution in [3.05, 3.63) is 64.5 Å². The molecule has 1 atom stereocenters. The van der Waals surface area contributed by atoms with Crippen LogP contribution in [-0.2, 0) is 24.0 Å². The molecule has 150 valence electrons. The Bertz CT molecular complexity index is 1090. The molecular weight excluding hydrogens is 423 g/mol. The van der Waals surface area contributed by atoms with Crippen molar-refractivity contribution in [2.45, 2.75) is 24.5 Å². The molecule has 1 aliphatic rings. The van der Waals surface area contributed by atoms with Crippen molar-refractivity contribution in [3.63, 3.8) is 0 Å². The molecule has 0 saturated carbocycles. The zero-order chi connectivity index (χ0) is 20.6. The molecule has 1 fully saturated rings. The summed E-state index contributed by atoms with van der Waals surface area (Å²) in [6.07, 6.45) is -3.99. The summed E-state index contributed by atoms with van der Waals surface area (Å²) in [7, 11) is 0. The lowest BCUT2D eigenvalue weighted by atomic mass is 10.1. The zero-order valence-corrected chi connectivity index (χ0v) is 16.4. The number of halogens is 3. The number of hydrogen-bond donors (Lipinski definition) is 1. The predicted molar refractivity (Wildman–Crippen MR) is 106 cm³/mol. The number of thioether (sulfide) groups is 1. The van der Waals surface area contributed by atoms with Gasteiger partial charge in [-0.3, -0.25) is 14.9 Å². The predicted octanol–water partition coefficient (Wildman–Crippen LogP) is 5.39. The van der Waals surface area contributed by atoms with Gasteiger partial charge in [0.25, 0.3) is 5.24 Å². The number of hydrogen-bond acceptors (Lipinski definition) is 5. The van der Waals surface area contributed by atoms with Crippen LogP contribution in [0.1, 0.15) is 16.0 Å². The molecule has 3 aromatic rings. The monoisotopic (exact) mass is 437 g/mol. The molecule has 2 aromatic carbocycles. The fourth-order valence-electron chi connectivity index (χ4n) is 3.05. The number of ether oxygens (including phenoxy) is 1. The summed E-state index contributed by atoms with van der Waals surface area (Å²) in [6, 6.07) is 12.6. The molecule has 4 rings (SSSR count). The van der Waals surface area contributed by atoms with Gasteiger partial charge in [0.1, 0.15) is 12.4 Å². The molecule has 0 bridgehead atoms. The van der Waals surface area contributed by atoms with Crippen molar-refractivity contribution in [2.75, 3.05) is 0 Å². The van der Waals surface area contributed by atoms with Crippen LogP contribution in [0.2, 0.25) is 0 Å². The Balaban J connectivity index is 1.49. The molecule has 1 N–H and O–H groups in total. The molecule has 0 aliphatic carbocycles. The Morgan fingerprint density at radius 1 is 1.07 bits per heavy atom. The SMILES string of the molecule is O=C1NC(=O)C(Cc2cc3ccc(OCc4ccccc4C(F)(F)F)cc3s2)S1. The highest BCUT2D eigenvalue weighted by Crippen LogP contribution is 2.34. The second-order valence-corrected chi connectivity index (χ2v) is 8.79. The van der Waals surface area contributed by atoms with Gasteiger partial charge < -0.3 is 4.74 Å². The van der Waals surface area contributed by atoms with E-state index in [0.717, 1.165) is 32.8 Å². The Labute approximate surface area is 172 Å². The lowest BCUT2D eigenvalue weighted by Gasteiger charge is -2.13. The van der Waals surface area contributed by atoms with Gasteiger partial charge in [-0.1, -0.05) is 30.0 Å². The highest BCUT2D eigenvalue weighted by molar-refractivity contribution is 8.15. The first-order chi connectivity index (χ1) is 13.8. The number of fused-ring (bicyclic) bond motifs is 1. The van der Waals surface area contributed by atoms with Gasteiger partial charge in [0, 0.05) is 21.6 Å². The second-order valence-electron chi connectivity index (χ2n) is 6.44. The van der Waals surface area contributed by atoms with Crippen LogP contribution in [0, 0.1) is 0 Å². The van der Waals surface area contributed by atoms with Gasteiger partial charge in [-0.2, -0.15) is 13.2 Å². The van der Waals surface area contributed by atoms with Crippen LogP contribution in [0.5, 0.6) is 5.75 Å². The van der Waals surface area contributed by atoms with Crippen molar-refractivity contribution >= 4 is 44.3 Å². The van der Waals surface area contributed by atoms with Gasteiger partial charge in [-0.25, -0.2) is 0 Å². The van der Waals surface area contributed by atoms with Crippen LogP contribution < -0.4 is 10.1 Å². The highest BCUT2D eigenvalue weighted by atomic mass is 32.2. The maximum atomic E-state index is 13.1. The molecule has 1 aliphatic heterocycles. The van der Waals surface area contributed by atoms with E-state index in [1.165, 1.54) is 23.5 Å². The van der Waals surface area contributed by atoms with E-state index in [0.29, 0.717) is 12.2 Å². The molecule has 1 unspecified atom stereocenters. The van der Waals surface area contributed by atoms with E-state index in [1.54, 1.807) is 18.2 Å². The number of carbonyl (C=O) groups is 2. The van der Waals surface area contributed by atoms with Crippen molar-refractivity contribution < 1.29 is 27.5 Å². The van der Waals surface area contributed by atoms with Gasteiger partial charge in [0.15, 0.2) is 0 Å². The van der Waals surface area contributed by atoms with Gasteiger partial charge in [0.2, 0.25) is 5.91 Å². The quantitative estimate of drug-likeness (QED) is 0.581. The number of thiophene rings is 1. The van der Waals surface area contributed by atoms with Crippen LogP contribution >= 0.6 is 23.1 Å². The van der Waals surface area contributed by atoms with E-state index < -0.39 is 17.0 Å². The zero-order valence-electron chi connectivity index (χ0n) is 14.8. The van der Waals surface area contributed by atoms with E-state index in [4.69, 9.17) is 4.74 Å². The lowest BCUT2D eigenvalue weighted by Crippen LogP contribution is -2.25. The number of alkyl halides is 3. The van der Waals surface area contributed by atoms with Crippen LogP contribution in [0.3, 0.4) is 0 Å². The Morgan fingerprint density at radius 3 is 2.59 bits per heavy atom. The highest BCUT2D eigenvalue weighted by Gasteiger charge is 2.33. The minimum atomic E-state index is -4.43. The van der Waals surface area contributed by atoms with Crippen molar-refractivity contribution in [1.82, 2.24) is 5.32 Å². The summed E-state index contributed by atoms with van der Waals surface area (Å²) in [5.74, 6) is 0.177. The summed E-state index contributed by atoms with van der Waals surface area (Å²) in [5.41, 5.74) is -0.637. The Hall–Kier alpha value is -2.52. The van der Waals surface area contributed by atoms with Crippen molar-refractivity contribution in [3.8, 4) is 5.75 Å². The molecule has 0 radical (unpaired) electrons. The van der Waals surface area contributed by atoms with Crippen LogP contribution in [0.25, 0.3) is 10.1 Å². The first kappa shape index (κ1) is 19.8. The molecule has 29 heavy (non-hydrogen) atoms. The molecule has 4 nitrogen and oxygen atoms in total. The van der Waals surface area contributed by atoms with Gasteiger partial charge in [-0.05, 0) is 35.7 Å². The summed E-state index contributed by atoms with van der Waals surface area (Å²) in [5, 5.41) is 2.44. The minimum absolute atomic E-state index is 0.0703. The number of benzene rings is 2. The maximum Gasteiger partial charge on any atom is 0.416 e. The number of rotatable bonds is 5. The topological polar surface area (TPSA) is 55.4 Å². The van der Waals surface area contributed by atoms with E-state index in [9.17, 15) is 22.8 Å². The van der Waals surface area contributed by atoms with Crippen LogP contribution in [0.4, 0.5) is 18.0 Å². The Kier molecular flexibility index (Phi) is 5.26. The number of imide groups is 1. The van der Waals surface area contributed by atoms with Crippen molar-refractivity contribution in [1.29, 1.82) is 0 Å².